The van der Waals surface area contributed by atoms with Gasteiger partial charge < -0.3 is 4.90 Å². The van der Waals surface area contributed by atoms with Gasteiger partial charge in [-0.3, -0.25) is 9.63 Å². The molecule has 0 spiro atoms. The fourth-order valence-corrected chi connectivity index (χ4v) is 2.01. The lowest BCUT2D eigenvalue weighted by molar-refractivity contribution is -0.165. The van der Waals surface area contributed by atoms with E-state index in [0.29, 0.717) is 0 Å². The molecule has 1 aromatic carbocycles. The van der Waals surface area contributed by atoms with E-state index < -0.39 is 0 Å². The van der Waals surface area contributed by atoms with Crippen molar-refractivity contribution in [3.63, 3.8) is 0 Å². The van der Waals surface area contributed by atoms with Gasteiger partial charge in [-0.1, -0.05) is 30.3 Å². The van der Waals surface area contributed by atoms with Gasteiger partial charge in [-0.05, 0) is 18.4 Å². The minimum Gasteiger partial charge on any atom is -0.310 e. The highest BCUT2D eigenvalue weighted by atomic mass is 16.7. The Morgan fingerprint density at radius 1 is 1.17 bits per heavy atom. The molecule has 2 fully saturated rings. The van der Waals surface area contributed by atoms with Crippen LogP contribution in [0.15, 0.2) is 30.3 Å². The predicted molar refractivity (Wildman–Crippen MR) is 63.2 cm³/mol. The molecule has 5 nitrogen and oxygen atoms in total. The average Bonchev–Trinajstić information content (AvgIpc) is 3.17. The van der Waals surface area contributed by atoms with Gasteiger partial charge in [0.25, 0.3) is 5.91 Å². The van der Waals surface area contributed by atoms with Crippen molar-refractivity contribution >= 4 is 11.9 Å². The molecular weight excluding hydrogens is 232 g/mol. The summed E-state index contributed by atoms with van der Waals surface area (Å²) in [4.78, 5) is 30.5. The van der Waals surface area contributed by atoms with Crippen LogP contribution in [0, 0.1) is 0 Å². The van der Waals surface area contributed by atoms with Crippen LogP contribution < -0.4 is 0 Å². The Hall–Kier alpha value is -1.88. The molecule has 0 unspecified atom stereocenters. The van der Waals surface area contributed by atoms with Gasteiger partial charge in [-0.25, -0.2) is 4.79 Å². The van der Waals surface area contributed by atoms with Crippen LogP contribution in [-0.2, 0) is 16.2 Å². The first kappa shape index (κ1) is 11.2. The number of carbonyl (C=O) groups is 2. The zero-order valence-corrected chi connectivity index (χ0v) is 9.91. The lowest BCUT2D eigenvalue weighted by Crippen LogP contribution is -2.34. The van der Waals surface area contributed by atoms with Crippen molar-refractivity contribution in [2.75, 3.05) is 6.54 Å². The molecule has 1 aromatic rings. The zero-order valence-electron chi connectivity index (χ0n) is 9.91. The molecule has 0 bridgehead atoms. The maximum absolute atomic E-state index is 11.9. The largest absolute Gasteiger partial charge is 0.352 e. The molecule has 1 aliphatic heterocycles. The van der Waals surface area contributed by atoms with Gasteiger partial charge in [-0.2, -0.15) is 0 Å². The number of hydroxylamine groups is 2. The van der Waals surface area contributed by atoms with E-state index in [2.05, 4.69) is 0 Å². The number of carbonyl (C=O) groups excluding carboxylic acids is 2. The van der Waals surface area contributed by atoms with Crippen LogP contribution in [0.3, 0.4) is 0 Å². The molecule has 0 aromatic heterocycles. The third kappa shape index (κ3) is 2.09. The number of rotatable bonds is 4. The second-order valence-electron chi connectivity index (χ2n) is 4.59. The number of hydrogen-bond donors (Lipinski definition) is 0. The Morgan fingerprint density at radius 3 is 2.56 bits per heavy atom. The van der Waals surface area contributed by atoms with E-state index >= 15 is 0 Å². The first-order chi connectivity index (χ1) is 8.75. The molecule has 18 heavy (non-hydrogen) atoms. The molecule has 2 aliphatic rings. The molecule has 0 atom stereocenters. The first-order valence-corrected chi connectivity index (χ1v) is 6.06. The van der Waals surface area contributed by atoms with E-state index in [-0.39, 0.29) is 31.1 Å². The smallest absolute Gasteiger partial charge is 0.310 e. The highest BCUT2D eigenvalue weighted by molar-refractivity contribution is 6.01. The van der Waals surface area contributed by atoms with E-state index in [1.807, 2.05) is 30.3 Å². The topological polar surface area (TPSA) is 49.9 Å². The predicted octanol–water partition coefficient (Wildman–Crippen LogP) is 1.54. The van der Waals surface area contributed by atoms with Gasteiger partial charge >= 0.3 is 6.03 Å². The highest BCUT2D eigenvalue weighted by Crippen LogP contribution is 2.30. The van der Waals surface area contributed by atoms with E-state index in [0.717, 1.165) is 23.5 Å². The van der Waals surface area contributed by atoms with Crippen LogP contribution in [0.1, 0.15) is 18.4 Å². The zero-order chi connectivity index (χ0) is 12.5. The Morgan fingerprint density at radius 2 is 1.89 bits per heavy atom. The van der Waals surface area contributed by atoms with Crippen LogP contribution in [0.2, 0.25) is 0 Å². The minimum absolute atomic E-state index is 0.151. The molecule has 0 N–H and O–H groups in total. The second-order valence-corrected chi connectivity index (χ2v) is 4.59. The molecular formula is C13H14N2O3. The molecule has 3 amide bonds. The summed E-state index contributed by atoms with van der Waals surface area (Å²) in [5.74, 6) is -0.275. The number of imide groups is 1. The second kappa shape index (κ2) is 4.42. The van der Waals surface area contributed by atoms with Crippen LogP contribution >= 0.6 is 0 Å². The fourth-order valence-electron chi connectivity index (χ4n) is 2.01. The SMILES string of the molecule is O=C1CN(C2CC2)C(=O)N1OCc1ccccc1. The van der Waals surface area contributed by atoms with Crippen molar-refractivity contribution in [1.82, 2.24) is 9.96 Å². The minimum atomic E-state index is -0.321. The Bertz CT molecular complexity index is 470. The van der Waals surface area contributed by atoms with E-state index in [1.165, 1.54) is 0 Å². The monoisotopic (exact) mass is 246 g/mol. The van der Waals surface area contributed by atoms with Crippen LogP contribution in [-0.4, -0.2) is 34.5 Å². The number of hydrogen-bond acceptors (Lipinski definition) is 3. The summed E-state index contributed by atoms with van der Waals surface area (Å²) in [5, 5.41) is 0.894. The fraction of sp³-hybridized carbons (Fsp3) is 0.385. The normalized spacial score (nSPS) is 19.8. The number of urea groups is 1. The number of amides is 3. The van der Waals surface area contributed by atoms with Crippen molar-refractivity contribution < 1.29 is 14.4 Å². The van der Waals surface area contributed by atoms with Gasteiger partial charge in [0, 0.05) is 6.04 Å². The quantitative estimate of drug-likeness (QED) is 0.757. The summed E-state index contributed by atoms with van der Waals surface area (Å²) in [6, 6.07) is 9.40. The van der Waals surface area contributed by atoms with Crippen molar-refractivity contribution in [1.29, 1.82) is 0 Å². The van der Waals surface area contributed by atoms with Crippen LogP contribution in [0.5, 0.6) is 0 Å². The van der Waals surface area contributed by atoms with Gasteiger partial charge in [0.2, 0.25) is 0 Å². The molecule has 94 valence electrons. The lowest BCUT2D eigenvalue weighted by atomic mass is 10.2. The van der Waals surface area contributed by atoms with E-state index in [1.54, 1.807) is 4.90 Å². The summed E-state index contributed by atoms with van der Waals surface area (Å²) in [5.41, 5.74) is 0.933. The van der Waals surface area contributed by atoms with Crippen molar-refractivity contribution in [2.45, 2.75) is 25.5 Å². The van der Waals surface area contributed by atoms with E-state index in [4.69, 9.17) is 4.84 Å². The third-order valence-electron chi connectivity index (χ3n) is 3.14. The summed E-state index contributed by atoms with van der Waals surface area (Å²) in [7, 11) is 0. The third-order valence-corrected chi connectivity index (χ3v) is 3.14. The molecule has 3 rings (SSSR count). The maximum atomic E-state index is 11.9. The van der Waals surface area contributed by atoms with E-state index in [9.17, 15) is 9.59 Å². The van der Waals surface area contributed by atoms with Gasteiger partial charge in [-0.15, -0.1) is 5.06 Å². The van der Waals surface area contributed by atoms with Gasteiger partial charge in [0.05, 0.1) is 0 Å². The molecule has 1 aliphatic carbocycles. The number of benzene rings is 1. The Labute approximate surface area is 105 Å². The number of nitrogens with zero attached hydrogens (tertiary/aromatic N) is 2. The first-order valence-electron chi connectivity index (χ1n) is 6.06. The summed E-state index contributed by atoms with van der Waals surface area (Å²) in [6.45, 7) is 0.384. The lowest BCUT2D eigenvalue weighted by Gasteiger charge is -2.15. The Balaban J connectivity index is 1.62. The molecule has 0 radical (unpaired) electrons. The molecule has 1 saturated heterocycles. The summed E-state index contributed by atoms with van der Waals surface area (Å²) in [6.07, 6.45) is 1.98. The summed E-state index contributed by atoms with van der Waals surface area (Å²) < 4.78 is 0. The van der Waals surface area contributed by atoms with Crippen molar-refractivity contribution in [3.8, 4) is 0 Å². The highest BCUT2D eigenvalue weighted by Gasteiger charge is 2.44. The Kier molecular flexibility index (Phi) is 2.76. The van der Waals surface area contributed by atoms with Gasteiger partial charge in [0.15, 0.2) is 0 Å². The maximum Gasteiger partial charge on any atom is 0.352 e. The average molecular weight is 246 g/mol. The molecule has 5 heteroatoms. The summed E-state index contributed by atoms with van der Waals surface area (Å²) >= 11 is 0. The van der Waals surface area contributed by atoms with Crippen molar-refractivity contribution in [3.05, 3.63) is 35.9 Å². The van der Waals surface area contributed by atoms with Crippen LogP contribution in [0.4, 0.5) is 4.79 Å². The molecule has 1 saturated carbocycles. The standard InChI is InChI=1S/C13H14N2O3/c16-12-8-14(11-6-7-11)13(17)15(12)18-9-10-4-2-1-3-5-10/h1-5,11H,6-9H2. The van der Waals surface area contributed by atoms with Crippen molar-refractivity contribution in [2.24, 2.45) is 0 Å². The van der Waals surface area contributed by atoms with Crippen LogP contribution in [0.25, 0.3) is 0 Å². The van der Waals surface area contributed by atoms with Gasteiger partial charge in [0.1, 0.15) is 13.2 Å². The molecule has 1 heterocycles.